The summed E-state index contributed by atoms with van der Waals surface area (Å²) in [6.45, 7) is 2.28. The summed E-state index contributed by atoms with van der Waals surface area (Å²) in [6.07, 6.45) is 3.28. The lowest BCUT2D eigenvalue weighted by Gasteiger charge is -2.13. The Morgan fingerprint density at radius 2 is 2.27 bits per heavy atom. The lowest BCUT2D eigenvalue weighted by molar-refractivity contribution is -0.125. The smallest absolute Gasteiger partial charge is 0.246 e. The average molecular weight is 157 g/mol. The highest BCUT2D eigenvalue weighted by Crippen LogP contribution is 2.38. The second-order valence-corrected chi connectivity index (χ2v) is 3.12. The molecule has 0 radical (unpaired) electrons. The molecule has 0 aliphatic heterocycles. The molecule has 0 aromatic carbocycles. The molecule has 1 rings (SSSR count). The van der Waals surface area contributed by atoms with Crippen LogP contribution < -0.4 is 5.32 Å². The van der Waals surface area contributed by atoms with Crippen LogP contribution >= 0.6 is 0 Å². The Kier molecular flexibility index (Phi) is 2.49. The summed E-state index contributed by atoms with van der Waals surface area (Å²) < 4.78 is 4.71. The van der Waals surface area contributed by atoms with Crippen molar-refractivity contribution in [2.45, 2.75) is 31.7 Å². The van der Waals surface area contributed by atoms with E-state index in [0.717, 1.165) is 19.3 Å². The fraction of sp³-hybridized carbons (Fsp3) is 0.875. The maximum Gasteiger partial charge on any atom is 0.246 e. The van der Waals surface area contributed by atoms with E-state index in [0.29, 0.717) is 0 Å². The van der Waals surface area contributed by atoms with Crippen molar-refractivity contribution in [2.24, 2.45) is 0 Å². The zero-order chi connectivity index (χ0) is 8.32. The Balaban J connectivity index is 2.24. The normalized spacial score (nSPS) is 19.5. The molecule has 1 aliphatic rings. The lowest BCUT2D eigenvalue weighted by Crippen LogP contribution is -2.38. The van der Waals surface area contributed by atoms with E-state index in [4.69, 9.17) is 4.74 Å². The molecular weight excluding hydrogens is 142 g/mol. The highest BCUT2D eigenvalue weighted by Gasteiger charge is 2.41. The standard InChI is InChI=1S/C8H15NO2/c1-3-8(4-5-8)9-7(10)6-11-2/h3-6H2,1-2H3,(H,9,10). The molecule has 0 unspecified atom stereocenters. The third-order valence-corrected chi connectivity index (χ3v) is 2.21. The van der Waals surface area contributed by atoms with Crippen molar-refractivity contribution in [3.63, 3.8) is 0 Å². The van der Waals surface area contributed by atoms with Gasteiger partial charge in [0.1, 0.15) is 6.61 Å². The molecule has 0 atom stereocenters. The molecule has 0 heterocycles. The molecule has 0 bridgehead atoms. The van der Waals surface area contributed by atoms with Crippen LogP contribution in [0.25, 0.3) is 0 Å². The molecule has 0 spiro atoms. The summed E-state index contributed by atoms with van der Waals surface area (Å²) in [4.78, 5) is 11.0. The fourth-order valence-corrected chi connectivity index (χ4v) is 1.18. The number of amides is 1. The van der Waals surface area contributed by atoms with Crippen molar-refractivity contribution in [1.82, 2.24) is 5.32 Å². The van der Waals surface area contributed by atoms with E-state index in [2.05, 4.69) is 12.2 Å². The predicted molar refractivity (Wildman–Crippen MR) is 42.3 cm³/mol. The molecule has 1 aliphatic carbocycles. The van der Waals surface area contributed by atoms with Gasteiger partial charge in [-0.05, 0) is 19.3 Å². The van der Waals surface area contributed by atoms with Gasteiger partial charge in [0.15, 0.2) is 0 Å². The van der Waals surface area contributed by atoms with Crippen LogP contribution in [0.4, 0.5) is 0 Å². The molecule has 3 nitrogen and oxygen atoms in total. The molecule has 0 saturated heterocycles. The van der Waals surface area contributed by atoms with E-state index < -0.39 is 0 Å². The van der Waals surface area contributed by atoms with E-state index >= 15 is 0 Å². The van der Waals surface area contributed by atoms with Crippen LogP contribution in [0.5, 0.6) is 0 Å². The van der Waals surface area contributed by atoms with Gasteiger partial charge < -0.3 is 10.1 Å². The summed E-state index contributed by atoms with van der Waals surface area (Å²) in [5.41, 5.74) is 0.135. The molecule has 64 valence electrons. The van der Waals surface area contributed by atoms with Crippen molar-refractivity contribution in [1.29, 1.82) is 0 Å². The molecule has 1 fully saturated rings. The van der Waals surface area contributed by atoms with Crippen molar-refractivity contribution >= 4 is 5.91 Å². The molecule has 1 amide bonds. The first-order valence-corrected chi connectivity index (χ1v) is 4.02. The summed E-state index contributed by atoms with van der Waals surface area (Å²) in [5, 5.41) is 2.95. The summed E-state index contributed by atoms with van der Waals surface area (Å²) in [6, 6.07) is 0. The van der Waals surface area contributed by atoms with Crippen molar-refractivity contribution in [2.75, 3.05) is 13.7 Å². The fourth-order valence-electron chi connectivity index (χ4n) is 1.18. The first-order valence-electron chi connectivity index (χ1n) is 4.02. The molecule has 3 heteroatoms. The highest BCUT2D eigenvalue weighted by molar-refractivity contribution is 5.78. The average Bonchev–Trinajstić information content (AvgIpc) is 2.70. The van der Waals surface area contributed by atoms with Crippen molar-refractivity contribution in [3.05, 3.63) is 0 Å². The van der Waals surface area contributed by atoms with Gasteiger partial charge in [-0.1, -0.05) is 6.92 Å². The van der Waals surface area contributed by atoms with Crippen LogP contribution in [-0.2, 0) is 9.53 Å². The first kappa shape index (κ1) is 8.53. The molecular formula is C8H15NO2. The molecule has 11 heavy (non-hydrogen) atoms. The number of methoxy groups -OCH3 is 1. The summed E-state index contributed by atoms with van der Waals surface area (Å²) >= 11 is 0. The number of hydrogen-bond acceptors (Lipinski definition) is 2. The lowest BCUT2D eigenvalue weighted by atomic mass is 10.2. The molecule has 0 aromatic heterocycles. The van der Waals surface area contributed by atoms with E-state index in [9.17, 15) is 4.79 Å². The van der Waals surface area contributed by atoms with Crippen LogP contribution in [0.2, 0.25) is 0 Å². The largest absolute Gasteiger partial charge is 0.375 e. The Bertz CT molecular complexity index is 152. The zero-order valence-corrected chi connectivity index (χ0v) is 7.14. The second kappa shape index (κ2) is 3.22. The second-order valence-electron chi connectivity index (χ2n) is 3.12. The Morgan fingerprint density at radius 1 is 1.64 bits per heavy atom. The van der Waals surface area contributed by atoms with E-state index in [1.54, 1.807) is 0 Å². The van der Waals surface area contributed by atoms with E-state index in [1.807, 2.05) is 0 Å². The Morgan fingerprint density at radius 3 is 2.64 bits per heavy atom. The Labute approximate surface area is 67.1 Å². The summed E-state index contributed by atoms with van der Waals surface area (Å²) in [7, 11) is 1.53. The first-order chi connectivity index (χ1) is 5.22. The van der Waals surface area contributed by atoms with Gasteiger partial charge in [0.2, 0.25) is 5.91 Å². The monoisotopic (exact) mass is 157 g/mol. The van der Waals surface area contributed by atoms with E-state index in [-0.39, 0.29) is 18.1 Å². The van der Waals surface area contributed by atoms with Gasteiger partial charge >= 0.3 is 0 Å². The topological polar surface area (TPSA) is 38.3 Å². The number of nitrogens with one attached hydrogen (secondary N) is 1. The molecule has 1 N–H and O–H groups in total. The van der Waals surface area contributed by atoms with Crippen molar-refractivity contribution < 1.29 is 9.53 Å². The third kappa shape index (κ3) is 2.19. The zero-order valence-electron chi connectivity index (χ0n) is 7.14. The minimum absolute atomic E-state index is 0.00634. The predicted octanol–water partition coefficient (Wildman–Crippen LogP) is 0.692. The molecule has 1 saturated carbocycles. The highest BCUT2D eigenvalue weighted by atomic mass is 16.5. The number of ether oxygens (including phenoxy) is 1. The van der Waals surface area contributed by atoms with Gasteiger partial charge in [-0.2, -0.15) is 0 Å². The Hall–Kier alpha value is -0.570. The summed E-state index contributed by atoms with van der Waals surface area (Å²) in [5.74, 6) is 0.00634. The maximum atomic E-state index is 11.0. The van der Waals surface area contributed by atoms with Crippen LogP contribution in [0.1, 0.15) is 26.2 Å². The van der Waals surface area contributed by atoms with Crippen molar-refractivity contribution in [3.8, 4) is 0 Å². The van der Waals surface area contributed by atoms with Gasteiger partial charge in [-0.3, -0.25) is 4.79 Å². The number of carbonyl (C=O) groups is 1. The SMILES string of the molecule is CCC1(NC(=O)COC)CC1. The minimum Gasteiger partial charge on any atom is -0.375 e. The molecule has 0 aromatic rings. The van der Waals surface area contributed by atoms with Crippen LogP contribution in [-0.4, -0.2) is 25.2 Å². The van der Waals surface area contributed by atoms with Crippen LogP contribution in [0, 0.1) is 0 Å². The van der Waals surface area contributed by atoms with E-state index in [1.165, 1.54) is 7.11 Å². The van der Waals surface area contributed by atoms with Gasteiger partial charge in [0, 0.05) is 12.6 Å². The van der Waals surface area contributed by atoms with Gasteiger partial charge in [-0.15, -0.1) is 0 Å². The van der Waals surface area contributed by atoms with Crippen LogP contribution in [0.15, 0.2) is 0 Å². The van der Waals surface area contributed by atoms with Gasteiger partial charge in [-0.25, -0.2) is 0 Å². The van der Waals surface area contributed by atoms with Gasteiger partial charge in [0.25, 0.3) is 0 Å². The quantitative estimate of drug-likeness (QED) is 0.652. The number of carbonyl (C=O) groups excluding carboxylic acids is 1. The third-order valence-electron chi connectivity index (χ3n) is 2.21. The number of rotatable bonds is 4. The number of hydrogen-bond donors (Lipinski definition) is 1. The van der Waals surface area contributed by atoms with Gasteiger partial charge in [0.05, 0.1) is 0 Å². The minimum atomic E-state index is 0.00634. The maximum absolute atomic E-state index is 11.0. The van der Waals surface area contributed by atoms with Crippen LogP contribution in [0.3, 0.4) is 0 Å².